The molecule has 0 spiro atoms. The molecule has 1 aromatic heterocycles. The fraction of sp³-hybridized carbons (Fsp3) is 0.500. The highest BCUT2D eigenvalue weighted by Gasteiger charge is 2.14. The minimum atomic E-state index is 0. The van der Waals surface area contributed by atoms with Crippen LogP contribution in [-0.2, 0) is 20.0 Å². The Morgan fingerprint density at radius 2 is 1.85 bits per heavy atom. The third kappa shape index (κ3) is 6.80. The summed E-state index contributed by atoms with van der Waals surface area (Å²) in [4.78, 5) is 6.61. The summed E-state index contributed by atoms with van der Waals surface area (Å²) in [6, 6.07) is 11.0. The number of hydrogen-bond acceptors (Lipinski definition) is 3. The summed E-state index contributed by atoms with van der Waals surface area (Å²) in [5.41, 5.74) is 4.81. The molecule has 150 valence electrons. The van der Waals surface area contributed by atoms with Crippen LogP contribution in [0.2, 0.25) is 0 Å². The van der Waals surface area contributed by atoms with E-state index in [1.54, 1.807) is 7.05 Å². The van der Waals surface area contributed by atoms with Crippen LogP contribution in [0.3, 0.4) is 0 Å². The molecule has 1 aromatic carbocycles. The number of aryl methyl sites for hydroxylation is 2. The quantitative estimate of drug-likeness (QED) is 0.360. The number of aliphatic imine (C=N–C) groups is 1. The first-order valence-electron chi connectivity index (χ1n) is 9.06. The zero-order valence-corrected chi connectivity index (χ0v) is 19.6. The van der Waals surface area contributed by atoms with Gasteiger partial charge in [0.1, 0.15) is 0 Å². The maximum atomic E-state index is 4.47. The highest BCUT2D eigenvalue weighted by molar-refractivity contribution is 14.0. The monoisotopic (exact) mass is 484 g/mol. The van der Waals surface area contributed by atoms with E-state index in [-0.39, 0.29) is 24.0 Å². The predicted molar refractivity (Wildman–Crippen MR) is 124 cm³/mol. The van der Waals surface area contributed by atoms with E-state index in [2.05, 4.69) is 77.0 Å². The average Bonchev–Trinajstić information content (AvgIpc) is 2.87. The summed E-state index contributed by atoms with van der Waals surface area (Å²) in [6.07, 6.45) is 0.999. The van der Waals surface area contributed by atoms with Crippen LogP contribution in [0.4, 0.5) is 0 Å². The number of guanidine groups is 1. The van der Waals surface area contributed by atoms with Gasteiger partial charge >= 0.3 is 0 Å². The van der Waals surface area contributed by atoms with Gasteiger partial charge in [0, 0.05) is 44.5 Å². The van der Waals surface area contributed by atoms with Crippen LogP contribution in [0.15, 0.2) is 35.3 Å². The second kappa shape index (κ2) is 11.3. The van der Waals surface area contributed by atoms with E-state index in [0.29, 0.717) is 6.04 Å². The Hall–Kier alpha value is -1.61. The molecule has 2 rings (SSSR count). The van der Waals surface area contributed by atoms with Crippen molar-refractivity contribution in [2.24, 2.45) is 12.0 Å². The lowest BCUT2D eigenvalue weighted by molar-refractivity contribution is 0.290. The Morgan fingerprint density at radius 1 is 1.19 bits per heavy atom. The van der Waals surface area contributed by atoms with Crippen molar-refractivity contribution >= 4 is 29.9 Å². The summed E-state index contributed by atoms with van der Waals surface area (Å²) < 4.78 is 1.92. The zero-order chi connectivity index (χ0) is 19.1. The molecule has 0 saturated heterocycles. The van der Waals surface area contributed by atoms with Gasteiger partial charge in [0.2, 0.25) is 0 Å². The number of nitrogens with one attached hydrogen (secondary N) is 2. The molecule has 27 heavy (non-hydrogen) atoms. The molecular weight excluding hydrogens is 451 g/mol. The highest BCUT2D eigenvalue weighted by atomic mass is 127. The van der Waals surface area contributed by atoms with Crippen molar-refractivity contribution in [2.75, 3.05) is 27.7 Å². The lowest BCUT2D eigenvalue weighted by atomic mass is 10.1. The molecule has 1 atom stereocenters. The molecular formula is C20H33IN6. The summed E-state index contributed by atoms with van der Waals surface area (Å²) in [6.45, 7) is 5.68. The Labute approximate surface area is 180 Å². The first-order chi connectivity index (χ1) is 12.4. The van der Waals surface area contributed by atoms with E-state index in [0.717, 1.165) is 31.2 Å². The fourth-order valence-corrected chi connectivity index (χ4v) is 3.00. The van der Waals surface area contributed by atoms with Crippen molar-refractivity contribution in [3.8, 4) is 0 Å². The maximum Gasteiger partial charge on any atom is 0.191 e. The molecule has 7 heteroatoms. The van der Waals surface area contributed by atoms with Crippen LogP contribution in [0.25, 0.3) is 0 Å². The van der Waals surface area contributed by atoms with Crippen molar-refractivity contribution in [1.82, 2.24) is 25.3 Å². The number of likely N-dealkylation sites (N-methyl/N-ethyl adjacent to an activating group) is 1. The number of nitrogens with zero attached hydrogens (tertiary/aromatic N) is 4. The molecule has 6 nitrogen and oxygen atoms in total. The first kappa shape index (κ1) is 23.4. The summed E-state index contributed by atoms with van der Waals surface area (Å²) in [5, 5.41) is 11.3. The lowest BCUT2D eigenvalue weighted by Gasteiger charge is -2.25. The van der Waals surface area contributed by atoms with Crippen LogP contribution in [-0.4, -0.2) is 54.4 Å². The Balaban J connectivity index is 0.00000364. The molecule has 1 heterocycles. The summed E-state index contributed by atoms with van der Waals surface area (Å²) >= 11 is 0. The van der Waals surface area contributed by atoms with Crippen molar-refractivity contribution in [2.45, 2.75) is 32.9 Å². The lowest BCUT2D eigenvalue weighted by Crippen LogP contribution is -2.45. The van der Waals surface area contributed by atoms with Crippen LogP contribution < -0.4 is 10.6 Å². The second-order valence-corrected chi connectivity index (χ2v) is 6.89. The molecule has 0 saturated carbocycles. The van der Waals surface area contributed by atoms with Gasteiger partial charge in [-0.15, -0.1) is 24.0 Å². The largest absolute Gasteiger partial charge is 0.355 e. The molecule has 1 unspecified atom stereocenters. The van der Waals surface area contributed by atoms with Crippen molar-refractivity contribution < 1.29 is 0 Å². The molecule has 0 aliphatic heterocycles. The van der Waals surface area contributed by atoms with Crippen LogP contribution in [0.1, 0.15) is 22.5 Å². The fourth-order valence-electron chi connectivity index (χ4n) is 3.00. The third-order valence-corrected chi connectivity index (χ3v) is 4.86. The topological polar surface area (TPSA) is 57.5 Å². The number of rotatable bonds is 7. The normalized spacial score (nSPS) is 12.6. The zero-order valence-electron chi connectivity index (χ0n) is 17.3. The smallest absolute Gasteiger partial charge is 0.191 e. The molecule has 0 aliphatic rings. The van der Waals surface area contributed by atoms with Gasteiger partial charge in [0.15, 0.2) is 5.96 Å². The van der Waals surface area contributed by atoms with E-state index < -0.39 is 0 Å². The molecule has 2 N–H and O–H groups in total. The second-order valence-electron chi connectivity index (χ2n) is 6.89. The van der Waals surface area contributed by atoms with Gasteiger partial charge in [0.25, 0.3) is 0 Å². The van der Waals surface area contributed by atoms with E-state index in [1.165, 1.54) is 16.8 Å². The Kier molecular flexibility index (Phi) is 9.79. The van der Waals surface area contributed by atoms with E-state index in [9.17, 15) is 0 Å². The van der Waals surface area contributed by atoms with Gasteiger partial charge < -0.3 is 15.5 Å². The Bertz CT molecular complexity index is 724. The highest BCUT2D eigenvalue weighted by Crippen LogP contribution is 2.11. The molecule has 2 aromatic rings. The van der Waals surface area contributed by atoms with Crippen molar-refractivity contribution in [3.63, 3.8) is 0 Å². The van der Waals surface area contributed by atoms with Gasteiger partial charge in [-0.25, -0.2) is 0 Å². The number of benzene rings is 1. The van der Waals surface area contributed by atoms with Gasteiger partial charge in [-0.1, -0.05) is 30.3 Å². The average molecular weight is 484 g/mol. The molecule has 0 amide bonds. The van der Waals surface area contributed by atoms with E-state index in [1.807, 2.05) is 18.7 Å². The summed E-state index contributed by atoms with van der Waals surface area (Å²) in [7, 11) is 8.02. The number of hydrogen-bond donors (Lipinski definition) is 2. The molecule has 0 aliphatic carbocycles. The SMILES string of the molecule is CN=C(NCc1c(C)nn(C)c1C)NCC(Cc1ccccc1)N(C)C.I. The summed E-state index contributed by atoms with van der Waals surface area (Å²) in [5.74, 6) is 0.813. The van der Waals surface area contributed by atoms with Gasteiger partial charge in [-0.3, -0.25) is 9.67 Å². The maximum absolute atomic E-state index is 4.47. The van der Waals surface area contributed by atoms with E-state index in [4.69, 9.17) is 0 Å². The van der Waals surface area contributed by atoms with Gasteiger partial charge in [-0.2, -0.15) is 5.10 Å². The van der Waals surface area contributed by atoms with Crippen molar-refractivity contribution in [3.05, 3.63) is 52.8 Å². The predicted octanol–water partition coefficient (Wildman–Crippen LogP) is 2.49. The standard InChI is InChI=1S/C20H32N6.HI/c1-15-19(16(2)26(6)24-15)14-23-20(21-3)22-13-18(25(4)5)12-17-10-8-7-9-11-17;/h7-11,18H,12-14H2,1-6H3,(H2,21,22,23);1H. The number of aromatic nitrogens is 2. The third-order valence-electron chi connectivity index (χ3n) is 4.86. The number of halogens is 1. The molecule has 0 bridgehead atoms. The molecule has 0 radical (unpaired) electrons. The first-order valence-corrected chi connectivity index (χ1v) is 9.06. The van der Waals surface area contributed by atoms with Crippen LogP contribution in [0.5, 0.6) is 0 Å². The van der Waals surface area contributed by atoms with Crippen LogP contribution >= 0.6 is 24.0 Å². The van der Waals surface area contributed by atoms with Gasteiger partial charge in [-0.05, 0) is 39.9 Å². The van der Waals surface area contributed by atoms with E-state index >= 15 is 0 Å². The minimum absolute atomic E-state index is 0. The minimum Gasteiger partial charge on any atom is -0.355 e. The van der Waals surface area contributed by atoms with Crippen molar-refractivity contribution in [1.29, 1.82) is 0 Å². The van der Waals surface area contributed by atoms with Gasteiger partial charge in [0.05, 0.1) is 5.69 Å². The van der Waals surface area contributed by atoms with Crippen LogP contribution in [0, 0.1) is 13.8 Å². The Morgan fingerprint density at radius 3 is 2.37 bits per heavy atom. The molecule has 0 fully saturated rings.